The van der Waals surface area contributed by atoms with Gasteiger partial charge in [-0.3, -0.25) is 4.79 Å². The van der Waals surface area contributed by atoms with Crippen LogP contribution in [0.3, 0.4) is 0 Å². The smallest absolute Gasteiger partial charge is 0.338 e. The van der Waals surface area contributed by atoms with Crippen LogP contribution >= 0.6 is 0 Å². The largest absolute Gasteiger partial charge is 0.478 e. The Balaban J connectivity index is 1.48. The van der Waals surface area contributed by atoms with Crippen molar-refractivity contribution in [3.8, 4) is 0 Å². The van der Waals surface area contributed by atoms with E-state index in [1.54, 1.807) is 6.07 Å². The summed E-state index contributed by atoms with van der Waals surface area (Å²) in [7, 11) is 0. The lowest BCUT2D eigenvalue weighted by molar-refractivity contribution is 0.0692. The first-order chi connectivity index (χ1) is 24.2. The molecule has 0 fully saturated rings. The predicted octanol–water partition coefficient (Wildman–Crippen LogP) is 8.84. The normalized spacial score (nSPS) is 11.4. The highest BCUT2D eigenvalue weighted by Gasteiger charge is 2.41. The van der Waals surface area contributed by atoms with Crippen LogP contribution in [0.15, 0.2) is 146 Å². The van der Waals surface area contributed by atoms with Crippen LogP contribution < -0.4 is 5.32 Å². The fourth-order valence-electron chi connectivity index (χ4n) is 6.49. The van der Waals surface area contributed by atoms with Gasteiger partial charge in [-0.2, -0.15) is 5.10 Å². The molecule has 0 unspecified atom stereocenters. The van der Waals surface area contributed by atoms with Gasteiger partial charge in [0.1, 0.15) is 23.0 Å². The molecule has 1 aromatic heterocycles. The molecule has 50 heavy (non-hydrogen) atoms. The first-order valence-electron chi connectivity index (χ1n) is 15.7. The molecule has 7 rings (SSSR count). The van der Waals surface area contributed by atoms with E-state index >= 15 is 0 Å². The number of amides is 1. The van der Waals surface area contributed by atoms with Gasteiger partial charge < -0.3 is 10.4 Å². The second-order valence-electron chi connectivity index (χ2n) is 11.8. The average molecular weight is 668 g/mol. The average Bonchev–Trinajstić information content (AvgIpc) is 3.47. The van der Waals surface area contributed by atoms with Crippen molar-refractivity contribution in [3.05, 3.63) is 202 Å². The minimum atomic E-state index is -1.51. The van der Waals surface area contributed by atoms with E-state index in [9.17, 15) is 27.9 Å². The first kappa shape index (κ1) is 32.1. The number of benzene rings is 6. The molecule has 0 bridgehead atoms. The van der Waals surface area contributed by atoms with Crippen LogP contribution in [0.5, 0.6) is 0 Å². The number of hydrogen-bond acceptors (Lipinski definition) is 3. The van der Waals surface area contributed by atoms with Crippen molar-refractivity contribution in [1.82, 2.24) is 9.78 Å². The standard InChI is InChI=1S/C41H28F3N3O3/c42-32-21-27(22-33(43)25-32)20-26-16-19-37-35(23-26)38(45-39(48)28-17-18-36(44)34(24-28)40(49)50)46-47(37)41(29-10-4-1-5-11-29,30-12-6-2-7-13-30)31-14-8-3-9-15-31/h1-19,21-25H,20H2,(H,49,50)(H,45,46,48). The monoisotopic (exact) mass is 667 g/mol. The Bertz CT molecular complexity index is 2240. The van der Waals surface area contributed by atoms with E-state index < -0.39 is 40.4 Å². The van der Waals surface area contributed by atoms with E-state index in [-0.39, 0.29) is 17.8 Å². The van der Waals surface area contributed by atoms with Crippen molar-refractivity contribution in [1.29, 1.82) is 0 Å². The molecule has 0 atom stereocenters. The SMILES string of the molecule is O=C(Nc1nn(C(c2ccccc2)(c2ccccc2)c2ccccc2)c2ccc(Cc3cc(F)cc(F)c3)cc12)c1ccc(F)c(C(=O)O)c1. The summed E-state index contributed by atoms with van der Waals surface area (Å²) in [6.45, 7) is 0. The number of hydrogen-bond donors (Lipinski definition) is 2. The highest BCUT2D eigenvalue weighted by Crippen LogP contribution is 2.43. The van der Waals surface area contributed by atoms with E-state index in [0.717, 1.165) is 34.9 Å². The molecule has 0 radical (unpaired) electrons. The Morgan fingerprint density at radius 1 is 0.660 bits per heavy atom. The van der Waals surface area contributed by atoms with Crippen LogP contribution in [0.25, 0.3) is 10.9 Å². The van der Waals surface area contributed by atoms with Crippen LogP contribution in [0, 0.1) is 17.5 Å². The van der Waals surface area contributed by atoms with Crippen LogP contribution in [0.1, 0.15) is 48.5 Å². The number of carboxylic acid groups (broad SMARTS) is 1. The van der Waals surface area contributed by atoms with Gasteiger partial charge in [-0.15, -0.1) is 0 Å². The van der Waals surface area contributed by atoms with Crippen molar-refractivity contribution in [2.45, 2.75) is 12.0 Å². The number of aromatic carboxylic acids is 1. The van der Waals surface area contributed by atoms with Gasteiger partial charge >= 0.3 is 5.97 Å². The molecule has 0 saturated heterocycles. The zero-order valence-corrected chi connectivity index (χ0v) is 26.4. The van der Waals surface area contributed by atoms with E-state index in [1.807, 2.05) is 108 Å². The summed E-state index contributed by atoms with van der Waals surface area (Å²) >= 11 is 0. The molecule has 7 aromatic rings. The summed E-state index contributed by atoms with van der Waals surface area (Å²) in [5.74, 6) is -4.43. The molecule has 0 aliphatic heterocycles. The number of fused-ring (bicyclic) bond motifs is 1. The summed E-state index contributed by atoms with van der Waals surface area (Å²) < 4.78 is 44.3. The highest BCUT2D eigenvalue weighted by molar-refractivity contribution is 6.09. The molecule has 1 heterocycles. The summed E-state index contributed by atoms with van der Waals surface area (Å²) in [6, 6.07) is 41.4. The van der Waals surface area contributed by atoms with Crippen molar-refractivity contribution in [3.63, 3.8) is 0 Å². The van der Waals surface area contributed by atoms with Crippen molar-refractivity contribution in [2.75, 3.05) is 5.32 Å². The quantitative estimate of drug-likeness (QED) is 0.151. The van der Waals surface area contributed by atoms with Crippen LogP contribution in [-0.4, -0.2) is 26.8 Å². The lowest BCUT2D eigenvalue weighted by Gasteiger charge is -2.37. The predicted molar refractivity (Wildman–Crippen MR) is 185 cm³/mol. The van der Waals surface area contributed by atoms with Gasteiger partial charge in [0.15, 0.2) is 5.82 Å². The number of carboxylic acids is 1. The van der Waals surface area contributed by atoms with Crippen molar-refractivity contribution < 1.29 is 27.9 Å². The van der Waals surface area contributed by atoms with Gasteiger partial charge in [-0.1, -0.05) is 97.1 Å². The highest BCUT2D eigenvalue weighted by atomic mass is 19.1. The number of anilines is 1. The number of halogens is 3. The zero-order chi connectivity index (χ0) is 34.8. The van der Waals surface area contributed by atoms with E-state index in [4.69, 9.17) is 5.10 Å². The fourth-order valence-corrected chi connectivity index (χ4v) is 6.49. The van der Waals surface area contributed by atoms with E-state index in [0.29, 0.717) is 22.0 Å². The molecule has 0 saturated carbocycles. The van der Waals surface area contributed by atoms with E-state index in [1.165, 1.54) is 18.2 Å². The third-order valence-electron chi connectivity index (χ3n) is 8.66. The second kappa shape index (κ2) is 13.2. The molecule has 1 amide bonds. The molecule has 0 aliphatic carbocycles. The molecule has 6 aromatic carbocycles. The maximum absolute atomic E-state index is 14.2. The number of aromatic nitrogens is 2. The number of nitrogens with zero attached hydrogens (tertiary/aromatic N) is 2. The lowest BCUT2D eigenvalue weighted by Crippen LogP contribution is -2.38. The Kier molecular flexibility index (Phi) is 8.47. The van der Waals surface area contributed by atoms with Gasteiger partial charge in [0.05, 0.1) is 11.1 Å². The molecule has 9 heteroatoms. The molecule has 2 N–H and O–H groups in total. The van der Waals surface area contributed by atoms with Gasteiger partial charge in [0, 0.05) is 17.0 Å². The lowest BCUT2D eigenvalue weighted by atomic mass is 9.77. The van der Waals surface area contributed by atoms with Gasteiger partial charge in [-0.25, -0.2) is 22.6 Å². The summed E-state index contributed by atoms with van der Waals surface area (Å²) in [5.41, 5.74) is 2.57. The number of rotatable bonds is 9. The van der Waals surface area contributed by atoms with E-state index in [2.05, 4.69) is 5.32 Å². The Labute approximate surface area is 285 Å². The Morgan fingerprint density at radius 3 is 1.76 bits per heavy atom. The Morgan fingerprint density at radius 2 is 1.22 bits per heavy atom. The zero-order valence-electron chi connectivity index (χ0n) is 26.4. The van der Waals surface area contributed by atoms with Gasteiger partial charge in [0.2, 0.25) is 0 Å². The molecule has 6 nitrogen and oxygen atoms in total. The summed E-state index contributed by atoms with van der Waals surface area (Å²) in [4.78, 5) is 25.3. The third-order valence-corrected chi connectivity index (χ3v) is 8.66. The molecular weight excluding hydrogens is 639 g/mol. The maximum Gasteiger partial charge on any atom is 0.338 e. The first-order valence-corrected chi connectivity index (χ1v) is 15.7. The number of carbonyl (C=O) groups excluding carboxylic acids is 1. The fraction of sp³-hybridized carbons (Fsp3) is 0.0488. The van der Waals surface area contributed by atoms with Crippen LogP contribution in [-0.2, 0) is 12.0 Å². The molecule has 246 valence electrons. The topological polar surface area (TPSA) is 84.2 Å². The summed E-state index contributed by atoms with van der Waals surface area (Å²) in [5, 5.41) is 17.9. The maximum atomic E-state index is 14.2. The van der Waals surface area contributed by atoms with Crippen molar-refractivity contribution in [2.24, 2.45) is 0 Å². The summed E-state index contributed by atoms with van der Waals surface area (Å²) in [6.07, 6.45) is 0.185. The van der Waals surface area contributed by atoms with Gasteiger partial charge in [0.25, 0.3) is 5.91 Å². The molecular formula is C41H28F3N3O3. The number of carbonyl (C=O) groups is 2. The van der Waals surface area contributed by atoms with Crippen molar-refractivity contribution >= 4 is 28.6 Å². The van der Waals surface area contributed by atoms with Gasteiger partial charge in [-0.05, 0) is 76.7 Å². The Hall–Kier alpha value is -6.48. The second-order valence-corrected chi connectivity index (χ2v) is 11.8. The minimum absolute atomic E-state index is 0.0849. The van der Waals surface area contributed by atoms with Crippen LogP contribution in [0.4, 0.5) is 19.0 Å². The molecule has 0 spiro atoms. The minimum Gasteiger partial charge on any atom is -0.478 e. The van der Waals surface area contributed by atoms with Crippen LogP contribution in [0.2, 0.25) is 0 Å². The third kappa shape index (κ3) is 5.90. The number of nitrogens with one attached hydrogen (secondary N) is 1. The molecule has 0 aliphatic rings.